The monoisotopic (exact) mass is 850 g/mol. The predicted molar refractivity (Wildman–Crippen MR) is 232 cm³/mol. The number of phenolic OH excluding ortho intramolecular Hbond substituents is 1. The molecule has 6 unspecified atom stereocenters. The molecule has 1 N–H and O–H groups in total. The van der Waals surface area contributed by atoms with Crippen LogP contribution in [0.15, 0.2) is 109 Å². The molecule has 0 bridgehead atoms. The fraction of sp³-hybridized carbons (Fsp3) is 0.250. The number of methoxy groups -OCH3 is 1. The highest BCUT2D eigenvalue weighted by Crippen LogP contribution is 2.64. The summed E-state index contributed by atoms with van der Waals surface area (Å²) in [7, 11) is 3.15. The third kappa shape index (κ3) is 5.68. The summed E-state index contributed by atoms with van der Waals surface area (Å²) in [5.74, 6) is -4.93. The average Bonchev–Trinajstić information content (AvgIpc) is 3.94. The second kappa shape index (κ2) is 14.1. The first kappa shape index (κ1) is 38.8. The molecule has 2 aliphatic carbocycles. The van der Waals surface area contributed by atoms with Crippen molar-refractivity contribution >= 4 is 73.9 Å². The van der Waals surface area contributed by atoms with E-state index in [1.165, 1.54) is 23.0 Å². The second-order valence-corrected chi connectivity index (χ2v) is 18.0. The molecule has 4 aliphatic rings. The second-order valence-electron chi connectivity index (χ2n) is 16.6. The number of ether oxygens (including phenoxy) is 1. The summed E-state index contributed by atoms with van der Waals surface area (Å²) in [6.45, 7) is 3.81. The number of carbonyl (C=O) groups excluding carboxylic acids is 5. The lowest BCUT2D eigenvalue weighted by Crippen LogP contribution is -2.48. The van der Waals surface area contributed by atoms with E-state index in [0.29, 0.717) is 38.9 Å². The van der Waals surface area contributed by atoms with Crippen LogP contribution in [0.3, 0.4) is 0 Å². The Hall–Kier alpha value is -6.37. The zero-order valence-corrected chi connectivity index (χ0v) is 35.2. The van der Waals surface area contributed by atoms with Gasteiger partial charge >= 0.3 is 0 Å². The zero-order valence-electron chi connectivity index (χ0n) is 33.6. The van der Waals surface area contributed by atoms with Crippen LogP contribution in [-0.4, -0.2) is 51.4 Å². The van der Waals surface area contributed by atoms with Gasteiger partial charge in [-0.05, 0) is 104 Å². The Bertz CT molecular complexity index is 2920. The number of thiophene rings is 1. The number of ketones is 1. The molecular formula is C48H39ClN4O7S. The minimum Gasteiger partial charge on any atom is -0.504 e. The van der Waals surface area contributed by atoms with Gasteiger partial charge in [0.25, 0.3) is 0 Å². The van der Waals surface area contributed by atoms with E-state index in [1.807, 2.05) is 44.2 Å². The van der Waals surface area contributed by atoms with Gasteiger partial charge in [0.2, 0.25) is 23.6 Å². The number of nitrogens with zero attached hydrogens (tertiary/aromatic N) is 4. The van der Waals surface area contributed by atoms with E-state index in [9.17, 15) is 19.5 Å². The highest BCUT2D eigenvalue weighted by molar-refractivity contribution is 7.22. The summed E-state index contributed by atoms with van der Waals surface area (Å²) in [6, 6.07) is 27.8. The number of carbonyl (C=O) groups is 5. The molecule has 4 amide bonds. The lowest BCUT2D eigenvalue weighted by atomic mass is 9.51. The topological polar surface area (TPSA) is 139 Å². The Morgan fingerprint density at radius 3 is 2.36 bits per heavy atom. The molecule has 6 atom stereocenters. The molecule has 2 saturated heterocycles. The first-order valence-corrected chi connectivity index (χ1v) is 21.3. The van der Waals surface area contributed by atoms with E-state index in [4.69, 9.17) is 21.4 Å². The van der Waals surface area contributed by atoms with Crippen molar-refractivity contribution in [3.8, 4) is 22.1 Å². The Balaban J connectivity index is 1.03. The normalized spacial score (nSPS) is 24.5. The van der Waals surface area contributed by atoms with Crippen molar-refractivity contribution in [2.75, 3.05) is 16.9 Å². The smallest absolute Gasteiger partial charge is 0.242 e. The largest absolute Gasteiger partial charge is 0.504 e. The van der Waals surface area contributed by atoms with Crippen LogP contribution < -0.4 is 14.5 Å². The number of allylic oxidation sites excluding steroid dienone is 2. The van der Waals surface area contributed by atoms with Gasteiger partial charge in [-0.3, -0.25) is 33.6 Å². The molecule has 10 rings (SSSR count). The number of hydrogen-bond acceptors (Lipinski definition) is 9. The van der Waals surface area contributed by atoms with Crippen LogP contribution in [0.4, 0.5) is 11.5 Å². The highest BCUT2D eigenvalue weighted by atomic mass is 35.5. The van der Waals surface area contributed by atoms with Crippen molar-refractivity contribution in [2.45, 2.75) is 32.6 Å². The number of phenols is 1. The van der Waals surface area contributed by atoms with E-state index in [-0.39, 0.29) is 41.9 Å². The molecule has 61 heavy (non-hydrogen) atoms. The first-order chi connectivity index (χ1) is 29.3. The lowest BCUT2D eigenvalue weighted by molar-refractivity contribution is -0.131. The van der Waals surface area contributed by atoms with E-state index in [1.54, 1.807) is 89.8 Å². The van der Waals surface area contributed by atoms with Gasteiger partial charge in [0.15, 0.2) is 17.3 Å². The molecule has 4 heterocycles. The van der Waals surface area contributed by atoms with Crippen molar-refractivity contribution in [3.05, 3.63) is 136 Å². The summed E-state index contributed by atoms with van der Waals surface area (Å²) in [6.07, 6.45) is 2.40. The van der Waals surface area contributed by atoms with Crippen LogP contribution in [0.25, 0.3) is 20.7 Å². The Morgan fingerprint density at radius 2 is 1.62 bits per heavy atom. The fourth-order valence-corrected chi connectivity index (χ4v) is 11.8. The van der Waals surface area contributed by atoms with Crippen molar-refractivity contribution < 1.29 is 33.8 Å². The van der Waals surface area contributed by atoms with Crippen LogP contribution >= 0.6 is 22.9 Å². The van der Waals surface area contributed by atoms with Crippen molar-refractivity contribution in [1.29, 1.82) is 0 Å². The number of hydrogen-bond donors (Lipinski definition) is 1. The number of imide groups is 2. The summed E-state index contributed by atoms with van der Waals surface area (Å²) in [5.41, 5.74) is 3.02. The summed E-state index contributed by atoms with van der Waals surface area (Å²) in [5, 5.41) is 17.1. The van der Waals surface area contributed by atoms with Gasteiger partial charge < -0.3 is 9.84 Å². The molecule has 0 spiro atoms. The number of aromatic nitrogens is 2. The number of aryl methyl sites for hydroxylation is 2. The molecule has 11 nitrogen and oxygen atoms in total. The maximum Gasteiger partial charge on any atom is 0.242 e. The van der Waals surface area contributed by atoms with Crippen LogP contribution in [0.2, 0.25) is 5.02 Å². The van der Waals surface area contributed by atoms with Crippen LogP contribution in [0.1, 0.15) is 52.7 Å². The SMILES string of the molecule is COc1cc(C2C3=CCC4C(=O)N(c5ccc(C(=O)c6ccccc6)cc5)C(=O)C4C3CC3C(=O)N(c4cc(-c5sc6ccc(Cl)cc6c5C)nn4C)C(=O)C32C)ccc1O. The van der Waals surface area contributed by atoms with Crippen LogP contribution in [-0.2, 0) is 26.2 Å². The number of anilines is 2. The molecule has 4 aromatic carbocycles. The Kier molecular flexibility index (Phi) is 8.97. The predicted octanol–water partition coefficient (Wildman–Crippen LogP) is 8.64. The first-order valence-electron chi connectivity index (χ1n) is 20.1. The summed E-state index contributed by atoms with van der Waals surface area (Å²) >= 11 is 7.89. The molecule has 2 aromatic heterocycles. The molecule has 306 valence electrons. The minimum atomic E-state index is -1.32. The average molecular weight is 851 g/mol. The molecule has 13 heteroatoms. The van der Waals surface area contributed by atoms with E-state index in [2.05, 4.69) is 0 Å². The van der Waals surface area contributed by atoms with Gasteiger partial charge in [0.05, 0.1) is 40.8 Å². The van der Waals surface area contributed by atoms with Crippen molar-refractivity contribution in [2.24, 2.45) is 36.1 Å². The van der Waals surface area contributed by atoms with Crippen LogP contribution in [0.5, 0.6) is 11.5 Å². The standard InChI is InChI=1S/C48H39ClN4O7S/c1-24-32-21-28(49)13-19-38(32)61-43(24)35-23-39(51(3)50-35)53-45(57)34-22-33-30(41(48(34,2)47(53)59)27-12-18-36(54)37(20-27)60-4)16-17-31-40(33)46(58)52(44(31)56)29-14-10-26(11-15-29)42(55)25-8-6-5-7-9-25/h5-16,18-21,23,31,33-34,40-41,54H,17,22H2,1-4H3. The third-order valence-corrected chi connectivity index (χ3v) is 15.0. The molecule has 2 aliphatic heterocycles. The Labute approximate surface area is 359 Å². The van der Waals surface area contributed by atoms with Gasteiger partial charge in [-0.1, -0.05) is 59.6 Å². The number of amides is 4. The number of benzene rings is 4. The van der Waals surface area contributed by atoms with Crippen molar-refractivity contribution in [3.63, 3.8) is 0 Å². The van der Waals surface area contributed by atoms with Gasteiger partial charge in [0.1, 0.15) is 11.5 Å². The van der Waals surface area contributed by atoms with Crippen molar-refractivity contribution in [1.82, 2.24) is 9.78 Å². The number of fused-ring (bicyclic) bond motifs is 5. The highest BCUT2D eigenvalue weighted by Gasteiger charge is 2.68. The lowest BCUT2D eigenvalue weighted by Gasteiger charge is -2.49. The van der Waals surface area contributed by atoms with E-state index < -0.39 is 46.8 Å². The zero-order chi connectivity index (χ0) is 42.6. The summed E-state index contributed by atoms with van der Waals surface area (Å²) in [4.78, 5) is 75.7. The maximum atomic E-state index is 15.2. The maximum absolute atomic E-state index is 15.2. The Morgan fingerprint density at radius 1 is 0.885 bits per heavy atom. The fourth-order valence-electron chi connectivity index (χ4n) is 10.5. The third-order valence-electron chi connectivity index (χ3n) is 13.5. The van der Waals surface area contributed by atoms with Gasteiger partial charge in [0, 0.05) is 39.9 Å². The number of aromatic hydroxyl groups is 1. The quantitative estimate of drug-likeness (QED) is 0.0957. The van der Waals surface area contributed by atoms with Crippen LogP contribution in [0, 0.1) is 36.0 Å². The van der Waals surface area contributed by atoms with E-state index in [0.717, 1.165) is 26.1 Å². The minimum absolute atomic E-state index is 0.0848. The van der Waals surface area contributed by atoms with Gasteiger partial charge in [-0.25, -0.2) is 4.90 Å². The number of halogens is 1. The summed E-state index contributed by atoms with van der Waals surface area (Å²) < 4.78 is 8.12. The molecule has 6 aromatic rings. The molecular weight excluding hydrogens is 812 g/mol. The number of rotatable bonds is 7. The molecule has 0 radical (unpaired) electrons. The van der Waals surface area contributed by atoms with Gasteiger partial charge in [-0.2, -0.15) is 5.10 Å². The van der Waals surface area contributed by atoms with Gasteiger partial charge in [-0.15, -0.1) is 11.3 Å². The molecule has 3 fully saturated rings. The molecule has 1 saturated carbocycles. The van der Waals surface area contributed by atoms with E-state index >= 15 is 9.59 Å².